The predicted octanol–water partition coefficient (Wildman–Crippen LogP) is 4.02. The van der Waals surface area contributed by atoms with Gasteiger partial charge in [-0.3, -0.25) is 0 Å². The standard InChI is InChI=1S/C14H12F3N/c1-9-5-10(15)7-11(6-9)18-8-12-13(16)3-2-4-14(12)17/h2-7,18H,8H2,1H3. The molecule has 0 fully saturated rings. The Morgan fingerprint density at radius 3 is 2.28 bits per heavy atom. The SMILES string of the molecule is Cc1cc(F)cc(NCc2c(F)cccc2F)c1. The molecule has 0 aliphatic carbocycles. The van der Waals surface area contributed by atoms with E-state index in [4.69, 9.17) is 0 Å². The number of benzene rings is 2. The highest BCUT2D eigenvalue weighted by Gasteiger charge is 2.08. The Labute approximate surface area is 103 Å². The summed E-state index contributed by atoms with van der Waals surface area (Å²) in [5.41, 5.74) is 1.18. The van der Waals surface area contributed by atoms with Crippen molar-refractivity contribution in [2.75, 3.05) is 5.32 Å². The van der Waals surface area contributed by atoms with E-state index in [1.165, 1.54) is 30.3 Å². The summed E-state index contributed by atoms with van der Waals surface area (Å²) in [6.07, 6.45) is 0. The lowest BCUT2D eigenvalue weighted by atomic mass is 10.1. The van der Waals surface area contributed by atoms with Crippen LogP contribution in [0.3, 0.4) is 0 Å². The number of hydrogen-bond acceptors (Lipinski definition) is 1. The fourth-order valence-electron chi connectivity index (χ4n) is 1.73. The molecule has 0 aromatic heterocycles. The number of anilines is 1. The molecule has 0 radical (unpaired) electrons. The van der Waals surface area contributed by atoms with Crippen LogP contribution in [0.2, 0.25) is 0 Å². The van der Waals surface area contributed by atoms with E-state index in [0.717, 1.165) is 5.56 Å². The van der Waals surface area contributed by atoms with Gasteiger partial charge in [-0.25, -0.2) is 13.2 Å². The van der Waals surface area contributed by atoms with E-state index < -0.39 is 11.6 Å². The number of hydrogen-bond donors (Lipinski definition) is 1. The van der Waals surface area contributed by atoms with Gasteiger partial charge in [0, 0.05) is 17.8 Å². The fraction of sp³-hybridized carbons (Fsp3) is 0.143. The van der Waals surface area contributed by atoms with E-state index in [1.807, 2.05) is 0 Å². The Bertz CT molecular complexity index is 526. The van der Waals surface area contributed by atoms with Crippen molar-refractivity contribution in [3.05, 3.63) is 65.0 Å². The Morgan fingerprint density at radius 2 is 1.67 bits per heavy atom. The van der Waals surface area contributed by atoms with Crippen molar-refractivity contribution < 1.29 is 13.2 Å². The van der Waals surface area contributed by atoms with Gasteiger partial charge in [0.25, 0.3) is 0 Å². The van der Waals surface area contributed by atoms with E-state index in [1.54, 1.807) is 13.0 Å². The Kier molecular flexibility index (Phi) is 3.55. The van der Waals surface area contributed by atoms with Crippen molar-refractivity contribution in [1.82, 2.24) is 0 Å². The van der Waals surface area contributed by atoms with E-state index in [2.05, 4.69) is 5.32 Å². The molecule has 0 spiro atoms. The zero-order valence-corrected chi connectivity index (χ0v) is 9.81. The van der Waals surface area contributed by atoms with Crippen molar-refractivity contribution in [1.29, 1.82) is 0 Å². The fourth-order valence-corrected chi connectivity index (χ4v) is 1.73. The average Bonchev–Trinajstić information content (AvgIpc) is 2.27. The number of aryl methyl sites for hydroxylation is 1. The molecule has 2 aromatic carbocycles. The quantitative estimate of drug-likeness (QED) is 0.868. The number of rotatable bonds is 3. The van der Waals surface area contributed by atoms with E-state index in [0.29, 0.717) is 5.69 Å². The first kappa shape index (κ1) is 12.5. The Balaban J connectivity index is 2.16. The van der Waals surface area contributed by atoms with Crippen LogP contribution in [0, 0.1) is 24.4 Å². The van der Waals surface area contributed by atoms with Gasteiger partial charge in [-0.1, -0.05) is 6.07 Å². The highest BCUT2D eigenvalue weighted by Crippen LogP contribution is 2.17. The molecule has 0 unspecified atom stereocenters. The van der Waals surface area contributed by atoms with Crippen molar-refractivity contribution in [3.63, 3.8) is 0 Å². The van der Waals surface area contributed by atoms with Crippen LogP contribution in [0.5, 0.6) is 0 Å². The molecule has 2 rings (SSSR count). The molecular weight excluding hydrogens is 239 g/mol. The summed E-state index contributed by atoms with van der Waals surface area (Å²) in [5, 5.41) is 2.80. The molecule has 1 N–H and O–H groups in total. The van der Waals surface area contributed by atoms with Gasteiger partial charge in [0.2, 0.25) is 0 Å². The molecule has 0 saturated carbocycles. The van der Waals surface area contributed by atoms with Crippen LogP contribution in [0.4, 0.5) is 18.9 Å². The first-order valence-electron chi connectivity index (χ1n) is 5.50. The van der Waals surface area contributed by atoms with Gasteiger partial charge in [0.1, 0.15) is 17.5 Å². The molecular formula is C14H12F3N. The monoisotopic (exact) mass is 251 g/mol. The molecule has 0 atom stereocenters. The van der Waals surface area contributed by atoms with Crippen LogP contribution in [-0.4, -0.2) is 0 Å². The molecule has 0 heterocycles. The highest BCUT2D eigenvalue weighted by molar-refractivity contribution is 5.46. The van der Waals surface area contributed by atoms with Crippen LogP contribution in [0.25, 0.3) is 0 Å². The zero-order chi connectivity index (χ0) is 13.1. The minimum absolute atomic E-state index is 0.0264. The number of halogens is 3. The third-order valence-corrected chi connectivity index (χ3v) is 2.57. The van der Waals surface area contributed by atoms with Gasteiger partial charge >= 0.3 is 0 Å². The molecule has 1 nitrogen and oxygen atoms in total. The zero-order valence-electron chi connectivity index (χ0n) is 9.81. The number of nitrogens with one attached hydrogen (secondary N) is 1. The predicted molar refractivity (Wildman–Crippen MR) is 64.8 cm³/mol. The van der Waals surface area contributed by atoms with Gasteiger partial charge in [-0.15, -0.1) is 0 Å². The van der Waals surface area contributed by atoms with Gasteiger partial charge < -0.3 is 5.32 Å². The molecule has 0 bridgehead atoms. The molecule has 0 aliphatic heterocycles. The second-order valence-corrected chi connectivity index (χ2v) is 4.07. The van der Waals surface area contributed by atoms with Gasteiger partial charge in [-0.05, 0) is 42.8 Å². The first-order valence-corrected chi connectivity index (χ1v) is 5.50. The molecule has 0 amide bonds. The molecule has 4 heteroatoms. The van der Waals surface area contributed by atoms with Crippen LogP contribution >= 0.6 is 0 Å². The van der Waals surface area contributed by atoms with Crippen molar-refractivity contribution in [2.45, 2.75) is 13.5 Å². The molecule has 0 aliphatic rings. The smallest absolute Gasteiger partial charge is 0.131 e. The Hall–Kier alpha value is -1.97. The average molecular weight is 251 g/mol. The highest BCUT2D eigenvalue weighted by atomic mass is 19.1. The third kappa shape index (κ3) is 2.83. The van der Waals surface area contributed by atoms with Crippen LogP contribution in [-0.2, 0) is 6.54 Å². The summed E-state index contributed by atoms with van der Waals surface area (Å²) in [4.78, 5) is 0. The van der Waals surface area contributed by atoms with Crippen molar-refractivity contribution in [2.24, 2.45) is 0 Å². The maximum absolute atomic E-state index is 13.4. The second-order valence-electron chi connectivity index (χ2n) is 4.07. The van der Waals surface area contributed by atoms with Crippen molar-refractivity contribution in [3.8, 4) is 0 Å². The lowest BCUT2D eigenvalue weighted by Crippen LogP contribution is -2.04. The first-order chi connectivity index (χ1) is 8.56. The van der Waals surface area contributed by atoms with Crippen LogP contribution in [0.15, 0.2) is 36.4 Å². The van der Waals surface area contributed by atoms with Crippen LogP contribution in [0.1, 0.15) is 11.1 Å². The van der Waals surface area contributed by atoms with E-state index >= 15 is 0 Å². The summed E-state index contributed by atoms with van der Waals surface area (Å²) >= 11 is 0. The van der Waals surface area contributed by atoms with E-state index in [9.17, 15) is 13.2 Å². The lowest BCUT2D eigenvalue weighted by Gasteiger charge is -2.09. The molecule has 94 valence electrons. The Morgan fingerprint density at radius 1 is 1.00 bits per heavy atom. The maximum Gasteiger partial charge on any atom is 0.131 e. The largest absolute Gasteiger partial charge is 0.381 e. The molecule has 18 heavy (non-hydrogen) atoms. The molecule has 2 aromatic rings. The topological polar surface area (TPSA) is 12.0 Å². The summed E-state index contributed by atoms with van der Waals surface area (Å²) in [7, 11) is 0. The molecule has 0 saturated heterocycles. The summed E-state index contributed by atoms with van der Waals surface area (Å²) in [6.45, 7) is 1.72. The second kappa shape index (κ2) is 5.12. The minimum atomic E-state index is -0.615. The normalized spacial score (nSPS) is 10.4. The minimum Gasteiger partial charge on any atom is -0.381 e. The van der Waals surface area contributed by atoms with Crippen molar-refractivity contribution >= 4 is 5.69 Å². The van der Waals surface area contributed by atoms with Gasteiger partial charge in [-0.2, -0.15) is 0 Å². The van der Waals surface area contributed by atoms with E-state index in [-0.39, 0.29) is 17.9 Å². The third-order valence-electron chi connectivity index (χ3n) is 2.57. The van der Waals surface area contributed by atoms with Gasteiger partial charge in [0.15, 0.2) is 0 Å². The summed E-state index contributed by atoms with van der Waals surface area (Å²) < 4.78 is 39.8. The maximum atomic E-state index is 13.4. The van der Waals surface area contributed by atoms with Gasteiger partial charge in [0.05, 0.1) is 0 Å². The van der Waals surface area contributed by atoms with Crippen LogP contribution < -0.4 is 5.32 Å². The summed E-state index contributed by atoms with van der Waals surface area (Å²) in [6, 6.07) is 8.07. The lowest BCUT2D eigenvalue weighted by molar-refractivity contribution is 0.560. The summed E-state index contributed by atoms with van der Waals surface area (Å²) in [5.74, 6) is -1.61.